The highest BCUT2D eigenvalue weighted by molar-refractivity contribution is 9.10. The van der Waals surface area contributed by atoms with Crippen molar-refractivity contribution in [3.05, 3.63) is 29.0 Å². The fraction of sp³-hybridized carbons (Fsp3) is 0.231. The summed E-state index contributed by atoms with van der Waals surface area (Å²) >= 11 is 3.42. The lowest BCUT2D eigenvalue weighted by molar-refractivity contribution is 0.328. The number of hydrogen-bond acceptors (Lipinski definition) is 6. The third-order valence-corrected chi connectivity index (χ3v) is 3.16. The summed E-state index contributed by atoms with van der Waals surface area (Å²) in [6, 6.07) is 5.58. The predicted octanol–water partition coefficient (Wildman–Crippen LogP) is 2.97. The molecule has 2 rings (SSSR count). The monoisotopic (exact) mass is 338 g/mol. The minimum atomic E-state index is 0.373. The van der Waals surface area contributed by atoms with Crippen molar-refractivity contribution in [2.75, 3.05) is 24.8 Å². The average molecular weight is 339 g/mol. The molecule has 0 aliphatic carbocycles. The number of nitrogens with one attached hydrogen (secondary N) is 1. The molecule has 2 aromatic rings. The molecule has 0 radical (unpaired) electrons. The molecule has 0 aliphatic rings. The van der Waals surface area contributed by atoms with Crippen LogP contribution in [0.2, 0.25) is 0 Å². The number of methoxy groups -OCH3 is 1. The highest BCUT2D eigenvalue weighted by Gasteiger charge is 2.10. The van der Waals surface area contributed by atoms with Gasteiger partial charge in [-0.05, 0) is 41.1 Å². The Labute approximate surface area is 125 Å². The number of nitrogens with two attached hydrogens (primary N) is 1. The van der Waals surface area contributed by atoms with Gasteiger partial charge in [-0.3, -0.25) is 0 Å². The van der Waals surface area contributed by atoms with Gasteiger partial charge in [0.15, 0.2) is 5.82 Å². The van der Waals surface area contributed by atoms with Crippen LogP contribution >= 0.6 is 15.9 Å². The Morgan fingerprint density at radius 1 is 1.35 bits per heavy atom. The maximum absolute atomic E-state index is 5.96. The average Bonchev–Trinajstić information content (AvgIpc) is 2.44. The fourth-order valence-electron chi connectivity index (χ4n) is 1.61. The van der Waals surface area contributed by atoms with Gasteiger partial charge in [0.2, 0.25) is 5.88 Å². The van der Waals surface area contributed by atoms with Gasteiger partial charge in [-0.1, -0.05) is 0 Å². The molecule has 0 amide bonds. The topological polar surface area (TPSA) is 82.3 Å². The van der Waals surface area contributed by atoms with Crippen molar-refractivity contribution in [1.29, 1.82) is 0 Å². The zero-order valence-corrected chi connectivity index (χ0v) is 12.8. The molecule has 20 heavy (non-hydrogen) atoms. The van der Waals surface area contributed by atoms with E-state index in [-0.39, 0.29) is 0 Å². The van der Waals surface area contributed by atoms with Gasteiger partial charge in [0.05, 0.1) is 18.2 Å². The Morgan fingerprint density at radius 3 is 2.80 bits per heavy atom. The number of aromatic nitrogens is 2. The summed E-state index contributed by atoms with van der Waals surface area (Å²) in [4.78, 5) is 8.10. The van der Waals surface area contributed by atoms with E-state index in [2.05, 4.69) is 31.2 Å². The molecule has 1 heterocycles. The van der Waals surface area contributed by atoms with E-state index in [1.165, 1.54) is 6.33 Å². The quantitative estimate of drug-likeness (QED) is 0.872. The van der Waals surface area contributed by atoms with Gasteiger partial charge in [0.1, 0.15) is 17.8 Å². The van der Waals surface area contributed by atoms with E-state index in [0.717, 1.165) is 15.9 Å². The number of hydrogen-bond donors (Lipinski definition) is 2. The van der Waals surface area contributed by atoms with Crippen LogP contribution < -0.4 is 20.5 Å². The van der Waals surface area contributed by atoms with E-state index in [1.807, 2.05) is 25.1 Å². The van der Waals surface area contributed by atoms with E-state index in [1.54, 1.807) is 7.11 Å². The Hall–Kier alpha value is -2.02. The summed E-state index contributed by atoms with van der Waals surface area (Å²) in [5, 5.41) is 3.12. The first kappa shape index (κ1) is 14.4. The normalized spacial score (nSPS) is 10.2. The molecule has 3 N–H and O–H groups in total. The maximum atomic E-state index is 5.96. The van der Waals surface area contributed by atoms with Gasteiger partial charge < -0.3 is 20.5 Å². The van der Waals surface area contributed by atoms with Crippen LogP contribution in [0, 0.1) is 0 Å². The molecule has 0 saturated heterocycles. The minimum Gasteiger partial charge on any atom is -0.496 e. The van der Waals surface area contributed by atoms with Crippen molar-refractivity contribution in [3.63, 3.8) is 0 Å². The second-order valence-electron chi connectivity index (χ2n) is 3.85. The zero-order chi connectivity index (χ0) is 14.5. The second kappa shape index (κ2) is 6.42. The molecule has 0 aliphatic heterocycles. The van der Waals surface area contributed by atoms with Gasteiger partial charge in [-0.25, -0.2) is 4.98 Å². The van der Waals surface area contributed by atoms with Crippen LogP contribution in [0.3, 0.4) is 0 Å². The third-order valence-electron chi connectivity index (χ3n) is 2.54. The first-order chi connectivity index (χ1) is 9.65. The number of nitrogens with zero attached hydrogens (tertiary/aromatic N) is 2. The zero-order valence-electron chi connectivity index (χ0n) is 11.2. The number of benzene rings is 1. The first-order valence-electron chi connectivity index (χ1n) is 5.99. The lowest BCUT2D eigenvalue weighted by atomic mass is 10.3. The number of anilines is 3. The van der Waals surface area contributed by atoms with Crippen LogP contribution in [0.5, 0.6) is 11.6 Å². The van der Waals surface area contributed by atoms with Gasteiger partial charge >= 0.3 is 0 Å². The van der Waals surface area contributed by atoms with E-state index < -0.39 is 0 Å². The van der Waals surface area contributed by atoms with Crippen LogP contribution in [0.4, 0.5) is 17.2 Å². The molecule has 7 heteroatoms. The van der Waals surface area contributed by atoms with Crippen molar-refractivity contribution < 1.29 is 9.47 Å². The summed E-state index contributed by atoms with van der Waals surface area (Å²) in [7, 11) is 1.62. The van der Waals surface area contributed by atoms with Crippen molar-refractivity contribution in [2.45, 2.75) is 6.92 Å². The highest BCUT2D eigenvalue weighted by Crippen LogP contribution is 2.31. The second-order valence-corrected chi connectivity index (χ2v) is 4.70. The Balaban J connectivity index is 2.26. The lowest BCUT2D eigenvalue weighted by Crippen LogP contribution is -2.05. The van der Waals surface area contributed by atoms with Crippen LogP contribution in [0.25, 0.3) is 0 Å². The van der Waals surface area contributed by atoms with Gasteiger partial charge in [0, 0.05) is 5.69 Å². The summed E-state index contributed by atoms with van der Waals surface area (Å²) in [5.41, 5.74) is 7.16. The molecular formula is C13H15BrN4O2. The van der Waals surface area contributed by atoms with Crippen molar-refractivity contribution in [3.8, 4) is 11.6 Å². The largest absolute Gasteiger partial charge is 0.496 e. The number of nitrogen functional groups attached to an aromatic ring is 1. The Bertz CT molecular complexity index is 607. The minimum absolute atomic E-state index is 0.373. The van der Waals surface area contributed by atoms with Crippen LogP contribution in [-0.4, -0.2) is 23.7 Å². The van der Waals surface area contributed by atoms with Crippen molar-refractivity contribution in [1.82, 2.24) is 9.97 Å². The summed E-state index contributed by atoms with van der Waals surface area (Å²) in [6.07, 6.45) is 1.41. The number of rotatable bonds is 5. The molecule has 0 saturated carbocycles. The van der Waals surface area contributed by atoms with E-state index in [9.17, 15) is 0 Å². The van der Waals surface area contributed by atoms with E-state index >= 15 is 0 Å². The maximum Gasteiger partial charge on any atom is 0.242 e. The van der Waals surface area contributed by atoms with Crippen LogP contribution in [0.1, 0.15) is 6.92 Å². The van der Waals surface area contributed by atoms with Crippen molar-refractivity contribution >= 4 is 33.1 Å². The molecule has 1 aromatic heterocycles. The van der Waals surface area contributed by atoms with E-state index in [4.69, 9.17) is 15.2 Å². The molecule has 0 unspecified atom stereocenters. The van der Waals surface area contributed by atoms with E-state index in [0.29, 0.717) is 24.0 Å². The molecule has 0 atom stereocenters. The van der Waals surface area contributed by atoms with Crippen molar-refractivity contribution in [2.24, 2.45) is 0 Å². The molecule has 106 valence electrons. The Kier molecular flexibility index (Phi) is 4.62. The third kappa shape index (κ3) is 3.11. The summed E-state index contributed by atoms with van der Waals surface area (Å²) in [5.74, 6) is 1.62. The molecule has 1 aromatic carbocycles. The molecule has 6 nitrogen and oxygen atoms in total. The molecular weight excluding hydrogens is 324 g/mol. The highest BCUT2D eigenvalue weighted by atomic mass is 79.9. The van der Waals surface area contributed by atoms with Gasteiger partial charge in [0.25, 0.3) is 0 Å². The molecule has 0 bridgehead atoms. The van der Waals surface area contributed by atoms with Gasteiger partial charge in [-0.2, -0.15) is 4.98 Å². The number of halogens is 1. The van der Waals surface area contributed by atoms with Gasteiger partial charge in [-0.15, -0.1) is 0 Å². The predicted molar refractivity (Wildman–Crippen MR) is 81.6 cm³/mol. The lowest BCUT2D eigenvalue weighted by Gasteiger charge is -2.12. The Morgan fingerprint density at radius 2 is 2.15 bits per heavy atom. The summed E-state index contributed by atoms with van der Waals surface area (Å²) in [6.45, 7) is 2.37. The fourth-order valence-corrected chi connectivity index (χ4v) is 2.15. The number of ether oxygens (including phenoxy) is 2. The SMILES string of the molecule is CCOc1ncnc(Nc2ccc(OC)c(Br)c2)c1N. The molecule has 0 fully saturated rings. The van der Waals surface area contributed by atoms with Crippen LogP contribution in [0.15, 0.2) is 29.0 Å². The first-order valence-corrected chi connectivity index (χ1v) is 6.78. The molecule has 0 spiro atoms. The standard InChI is InChI=1S/C13H15BrN4O2/c1-3-20-13-11(15)12(16-7-17-13)18-8-4-5-10(19-2)9(14)6-8/h4-7H,3,15H2,1-2H3,(H,16,17,18). The van der Waals surface area contributed by atoms with Crippen LogP contribution in [-0.2, 0) is 0 Å². The summed E-state index contributed by atoms with van der Waals surface area (Å²) < 4.78 is 11.3. The smallest absolute Gasteiger partial charge is 0.242 e.